The quantitative estimate of drug-likeness (QED) is 0.376. The summed E-state index contributed by atoms with van der Waals surface area (Å²) in [5.74, 6) is 0. The first-order valence-electron chi connectivity index (χ1n) is 1.64. The molecule has 0 aromatic carbocycles. The lowest BCUT2D eigenvalue weighted by molar-refractivity contribution is 0.386. The van der Waals surface area contributed by atoms with Crippen molar-refractivity contribution in [3.05, 3.63) is 12.7 Å². The van der Waals surface area contributed by atoms with Gasteiger partial charge in [-0.3, -0.25) is 0 Å². The molecule has 2 N–H and O–H groups in total. The van der Waals surface area contributed by atoms with Crippen molar-refractivity contribution in [2.75, 3.05) is 0 Å². The molecule has 0 amide bonds. The molecule has 0 saturated carbocycles. The van der Waals surface area contributed by atoms with Crippen molar-refractivity contribution >= 4 is 17.5 Å². The summed E-state index contributed by atoms with van der Waals surface area (Å²) >= 11 is 3.65. The zero-order chi connectivity index (χ0) is 6.28. The van der Waals surface area contributed by atoms with Crippen molar-refractivity contribution in [2.24, 2.45) is 0 Å². The van der Waals surface area contributed by atoms with E-state index in [2.05, 4.69) is 18.8 Å². The van der Waals surface area contributed by atoms with Crippen LogP contribution in [0.25, 0.3) is 0 Å². The van der Waals surface area contributed by atoms with Crippen LogP contribution in [-0.2, 0) is 0 Å². The smallest absolute Gasteiger partial charge is 0.347 e. The topological polar surface area (TPSA) is 40.5 Å². The molecule has 0 atom stereocenters. The van der Waals surface area contributed by atoms with Gasteiger partial charge < -0.3 is 10.2 Å². The lowest BCUT2D eigenvalue weighted by Crippen LogP contribution is -1.80. The highest BCUT2D eigenvalue weighted by atomic mass is 32.1. The molecule has 0 bridgehead atoms. The van der Waals surface area contributed by atoms with Crippen LogP contribution in [0.15, 0.2) is 12.7 Å². The first-order valence-corrected chi connectivity index (χ1v) is 2.05. The predicted octanol–water partition coefficient (Wildman–Crippen LogP) is 1.58. The van der Waals surface area contributed by atoms with Gasteiger partial charge in [-0.25, -0.2) is 0 Å². The minimum Gasteiger partial charge on any atom is -0.473 e. The van der Waals surface area contributed by atoms with E-state index in [4.69, 9.17) is 10.2 Å². The highest BCUT2D eigenvalue weighted by molar-refractivity contribution is 7.79. The van der Waals surface area contributed by atoms with Gasteiger partial charge in [0, 0.05) is 12.2 Å². The Morgan fingerprint density at radius 1 is 1.71 bits per heavy atom. The normalized spacial score (nSPS) is 5.29. The average molecular weight is 120 g/mol. The van der Waals surface area contributed by atoms with E-state index in [1.54, 1.807) is 6.08 Å². The molecule has 2 nitrogen and oxygen atoms in total. The summed E-state index contributed by atoms with van der Waals surface area (Å²) in [6.07, 6.45) is 1.75. The number of aliphatic hydroxyl groups excluding tert-OH is 1. The summed E-state index contributed by atoms with van der Waals surface area (Å²) in [6, 6.07) is 0. The largest absolute Gasteiger partial charge is 0.473 e. The first-order chi connectivity index (χ1) is 3.15. The summed E-state index contributed by atoms with van der Waals surface area (Å²) in [6.45, 7) is 5.25. The molecule has 3 heteroatoms. The highest BCUT2D eigenvalue weighted by Crippen LogP contribution is 1.47. The van der Waals surface area contributed by atoms with Crippen molar-refractivity contribution in [3.63, 3.8) is 0 Å². The molecular weight excluding hydrogens is 112 g/mol. The molecule has 0 radical (unpaired) electrons. The second-order valence-electron chi connectivity index (χ2n) is 0.691. The fourth-order valence-corrected chi connectivity index (χ4v) is 0. The summed E-state index contributed by atoms with van der Waals surface area (Å²) in [5, 5.41) is 13.7. The summed E-state index contributed by atoms with van der Waals surface area (Å²) in [5.41, 5.74) is 0. The third-order valence-corrected chi connectivity index (χ3v) is 0. The maximum Gasteiger partial charge on any atom is 0.347 e. The van der Waals surface area contributed by atoms with E-state index in [0.717, 1.165) is 0 Å². The lowest BCUT2D eigenvalue weighted by Gasteiger charge is -1.65. The molecule has 0 unspecified atom stereocenters. The van der Waals surface area contributed by atoms with Gasteiger partial charge in [0.2, 0.25) is 0 Å². The molecule has 0 aliphatic carbocycles. The molecule has 0 fully saturated rings. The van der Waals surface area contributed by atoms with Crippen molar-refractivity contribution in [3.8, 4) is 0 Å². The number of aliphatic hydroxyl groups is 2. The van der Waals surface area contributed by atoms with Crippen molar-refractivity contribution in [1.29, 1.82) is 0 Å². The summed E-state index contributed by atoms with van der Waals surface area (Å²) in [7, 11) is 0. The Morgan fingerprint density at radius 3 is 1.71 bits per heavy atom. The van der Waals surface area contributed by atoms with Crippen molar-refractivity contribution in [1.82, 2.24) is 0 Å². The van der Waals surface area contributed by atoms with E-state index in [1.807, 2.05) is 6.92 Å². The number of thiocarbonyl (C=S) groups is 1. The van der Waals surface area contributed by atoms with Crippen LogP contribution in [0.3, 0.4) is 0 Å². The van der Waals surface area contributed by atoms with Crippen molar-refractivity contribution < 1.29 is 10.2 Å². The SMILES string of the molecule is C=CC.OC(O)=S. The van der Waals surface area contributed by atoms with E-state index in [1.165, 1.54) is 0 Å². The molecule has 0 spiro atoms. The van der Waals surface area contributed by atoms with Gasteiger partial charge in [-0.15, -0.1) is 6.58 Å². The Labute approximate surface area is 48.1 Å². The van der Waals surface area contributed by atoms with Crippen LogP contribution in [0.2, 0.25) is 0 Å². The molecule has 7 heavy (non-hydrogen) atoms. The Hall–Kier alpha value is -0.570. The average Bonchev–Trinajstić information content (AvgIpc) is 1.33. The second-order valence-corrected chi connectivity index (χ2v) is 1.06. The van der Waals surface area contributed by atoms with Gasteiger partial charge in [0.25, 0.3) is 0 Å². The first kappa shape index (κ1) is 9.66. The van der Waals surface area contributed by atoms with Gasteiger partial charge in [0.05, 0.1) is 0 Å². The van der Waals surface area contributed by atoms with Crippen LogP contribution in [0.5, 0.6) is 0 Å². The molecule has 0 aliphatic rings. The van der Waals surface area contributed by atoms with Gasteiger partial charge in [0.15, 0.2) is 0 Å². The molecule has 0 aromatic heterocycles. The van der Waals surface area contributed by atoms with Gasteiger partial charge >= 0.3 is 5.24 Å². The standard InChI is InChI=1S/C3H6.CH2O2S/c1-3-2;2-1(3)4/h3H,1H2,2H3;(H2,2,3,4). The predicted molar refractivity (Wildman–Crippen MR) is 33.7 cm³/mol. The zero-order valence-electron chi connectivity index (χ0n) is 4.09. The van der Waals surface area contributed by atoms with Crippen LogP contribution in [0.1, 0.15) is 6.92 Å². The van der Waals surface area contributed by atoms with E-state index < -0.39 is 5.24 Å². The molecule has 0 rings (SSSR count). The third-order valence-electron chi connectivity index (χ3n) is 0. The van der Waals surface area contributed by atoms with Crippen LogP contribution in [-0.4, -0.2) is 15.4 Å². The summed E-state index contributed by atoms with van der Waals surface area (Å²) in [4.78, 5) is 0. The molecule has 42 valence electrons. The maximum absolute atomic E-state index is 7.34. The minimum atomic E-state index is -1.000. The lowest BCUT2D eigenvalue weighted by atomic mass is 10.8. The van der Waals surface area contributed by atoms with Crippen molar-refractivity contribution in [2.45, 2.75) is 6.92 Å². The van der Waals surface area contributed by atoms with E-state index in [0.29, 0.717) is 0 Å². The number of rotatable bonds is 0. The molecule has 0 heterocycles. The van der Waals surface area contributed by atoms with Gasteiger partial charge in [-0.2, -0.15) is 0 Å². The maximum atomic E-state index is 7.34. The fourth-order valence-electron chi connectivity index (χ4n) is 0. The molecular formula is C4H8O2S. The Morgan fingerprint density at radius 2 is 1.71 bits per heavy atom. The monoisotopic (exact) mass is 120 g/mol. The zero-order valence-corrected chi connectivity index (χ0v) is 4.90. The van der Waals surface area contributed by atoms with E-state index in [-0.39, 0.29) is 0 Å². The van der Waals surface area contributed by atoms with Crippen LogP contribution < -0.4 is 0 Å². The van der Waals surface area contributed by atoms with Crippen LogP contribution in [0.4, 0.5) is 0 Å². The summed E-state index contributed by atoms with van der Waals surface area (Å²) < 4.78 is 0. The third kappa shape index (κ3) is 197. The fraction of sp³-hybridized carbons (Fsp3) is 0.250. The van der Waals surface area contributed by atoms with Gasteiger partial charge in [-0.1, -0.05) is 6.08 Å². The minimum absolute atomic E-state index is 1.000. The Bertz CT molecular complexity index is 56.7. The number of allylic oxidation sites excluding steroid dienone is 1. The number of hydrogen-bond acceptors (Lipinski definition) is 1. The van der Waals surface area contributed by atoms with Crippen LogP contribution in [0, 0.1) is 0 Å². The highest BCUT2D eigenvalue weighted by Gasteiger charge is 1.62. The molecule has 0 aliphatic heterocycles. The van der Waals surface area contributed by atoms with E-state index >= 15 is 0 Å². The van der Waals surface area contributed by atoms with Gasteiger partial charge in [0.1, 0.15) is 0 Å². The molecule has 0 aromatic rings. The van der Waals surface area contributed by atoms with E-state index in [9.17, 15) is 0 Å². The molecule has 0 saturated heterocycles. The van der Waals surface area contributed by atoms with Gasteiger partial charge in [-0.05, 0) is 6.92 Å². The second kappa shape index (κ2) is 9.06. The van der Waals surface area contributed by atoms with Crippen LogP contribution >= 0.6 is 12.2 Å². The Balaban J connectivity index is 0. The Kier molecular flexibility index (Phi) is 12.5. The number of hydrogen-bond donors (Lipinski definition) is 2.